The average Bonchev–Trinajstić information content (AvgIpc) is 3.03. The van der Waals surface area contributed by atoms with E-state index in [1.807, 2.05) is 6.92 Å². The molecular formula is C12H15N5OS2. The Kier molecular flexibility index (Phi) is 3.77. The third-order valence-electron chi connectivity index (χ3n) is 3.24. The number of aromatic nitrogens is 3. The van der Waals surface area contributed by atoms with E-state index in [4.69, 9.17) is 0 Å². The summed E-state index contributed by atoms with van der Waals surface area (Å²) in [6.07, 6.45) is 1.65. The fraction of sp³-hybridized carbons (Fsp3) is 0.500. The summed E-state index contributed by atoms with van der Waals surface area (Å²) in [7, 11) is 2.09. The van der Waals surface area contributed by atoms with Gasteiger partial charge >= 0.3 is 0 Å². The standard InChI is InChI=1S/C12H15N5OS2/c1-3-7-10(20-16-15-7)11(18)14-12-13-8-4-5-17(2)6-9(8)19-12/h3-6H2,1-2H3,(H,13,14,18). The van der Waals surface area contributed by atoms with Gasteiger partial charge in [-0.2, -0.15) is 0 Å². The molecule has 0 bridgehead atoms. The third kappa shape index (κ3) is 2.58. The molecule has 2 aromatic rings. The van der Waals surface area contributed by atoms with Crippen LogP contribution in [-0.2, 0) is 19.4 Å². The molecule has 6 nitrogen and oxygen atoms in total. The van der Waals surface area contributed by atoms with Crippen molar-refractivity contribution in [2.75, 3.05) is 18.9 Å². The number of rotatable bonds is 3. The number of thiazole rings is 1. The normalized spacial score (nSPS) is 15.1. The van der Waals surface area contributed by atoms with Gasteiger partial charge in [0.15, 0.2) is 5.13 Å². The van der Waals surface area contributed by atoms with E-state index in [9.17, 15) is 4.79 Å². The summed E-state index contributed by atoms with van der Waals surface area (Å²) < 4.78 is 3.84. The van der Waals surface area contributed by atoms with Crippen LogP contribution in [0.1, 0.15) is 32.9 Å². The molecule has 8 heteroatoms. The Balaban J connectivity index is 1.77. The van der Waals surface area contributed by atoms with Crippen LogP contribution in [0.15, 0.2) is 0 Å². The summed E-state index contributed by atoms with van der Waals surface area (Å²) >= 11 is 2.69. The number of nitrogens with zero attached hydrogens (tertiary/aromatic N) is 4. The quantitative estimate of drug-likeness (QED) is 0.936. The predicted octanol–water partition coefficient (Wildman–Crippen LogP) is 1.80. The summed E-state index contributed by atoms with van der Waals surface area (Å²) in [6, 6.07) is 0. The molecule has 1 N–H and O–H groups in total. The number of hydrogen-bond donors (Lipinski definition) is 1. The minimum atomic E-state index is -0.156. The molecule has 0 atom stereocenters. The number of hydrogen-bond acceptors (Lipinski definition) is 7. The zero-order valence-corrected chi connectivity index (χ0v) is 13.0. The minimum absolute atomic E-state index is 0.156. The van der Waals surface area contributed by atoms with Crippen LogP contribution >= 0.6 is 22.9 Å². The van der Waals surface area contributed by atoms with Gasteiger partial charge in [0, 0.05) is 24.4 Å². The molecular weight excluding hydrogens is 294 g/mol. The van der Waals surface area contributed by atoms with Gasteiger partial charge in [0.1, 0.15) is 4.88 Å². The first-order valence-electron chi connectivity index (χ1n) is 6.47. The molecule has 0 aromatic carbocycles. The third-order valence-corrected chi connectivity index (χ3v) is 5.00. The van der Waals surface area contributed by atoms with Gasteiger partial charge in [-0.3, -0.25) is 10.1 Å². The number of aryl methyl sites for hydroxylation is 1. The monoisotopic (exact) mass is 309 g/mol. The molecule has 0 saturated carbocycles. The van der Waals surface area contributed by atoms with Gasteiger partial charge in [0.25, 0.3) is 5.91 Å². The number of nitrogens with one attached hydrogen (secondary N) is 1. The van der Waals surface area contributed by atoms with Crippen molar-refractivity contribution in [3.8, 4) is 0 Å². The summed E-state index contributed by atoms with van der Waals surface area (Å²) in [5, 5.41) is 7.50. The Hall–Kier alpha value is -1.38. The molecule has 1 amide bonds. The first-order chi connectivity index (χ1) is 9.67. The molecule has 0 fully saturated rings. The lowest BCUT2D eigenvalue weighted by Crippen LogP contribution is -2.25. The molecule has 106 valence electrons. The highest BCUT2D eigenvalue weighted by Gasteiger charge is 2.21. The van der Waals surface area contributed by atoms with Crippen molar-refractivity contribution in [3.63, 3.8) is 0 Å². The van der Waals surface area contributed by atoms with Gasteiger partial charge in [-0.15, -0.1) is 16.4 Å². The van der Waals surface area contributed by atoms with Gasteiger partial charge in [-0.1, -0.05) is 11.4 Å². The lowest BCUT2D eigenvalue weighted by Gasteiger charge is -2.20. The predicted molar refractivity (Wildman–Crippen MR) is 79.4 cm³/mol. The number of carbonyl (C=O) groups is 1. The van der Waals surface area contributed by atoms with Crippen LogP contribution in [0.2, 0.25) is 0 Å². The summed E-state index contributed by atoms with van der Waals surface area (Å²) in [5.74, 6) is -0.156. The highest BCUT2D eigenvalue weighted by Crippen LogP contribution is 2.28. The van der Waals surface area contributed by atoms with E-state index in [0.717, 1.165) is 42.4 Å². The van der Waals surface area contributed by atoms with Gasteiger partial charge < -0.3 is 4.90 Å². The maximum Gasteiger partial charge on any atom is 0.271 e. The van der Waals surface area contributed by atoms with E-state index in [0.29, 0.717) is 16.4 Å². The van der Waals surface area contributed by atoms with Crippen LogP contribution in [0.3, 0.4) is 0 Å². The molecule has 1 aliphatic heterocycles. The highest BCUT2D eigenvalue weighted by molar-refractivity contribution is 7.16. The second-order valence-electron chi connectivity index (χ2n) is 4.73. The van der Waals surface area contributed by atoms with Crippen LogP contribution in [-0.4, -0.2) is 39.0 Å². The van der Waals surface area contributed by atoms with Crippen molar-refractivity contribution in [1.82, 2.24) is 19.5 Å². The van der Waals surface area contributed by atoms with Crippen LogP contribution in [0.25, 0.3) is 0 Å². The molecule has 2 aromatic heterocycles. The number of likely N-dealkylation sites (N-methyl/N-ethyl adjacent to an activating group) is 1. The van der Waals surface area contributed by atoms with Gasteiger partial charge in [0.2, 0.25) is 0 Å². The molecule has 0 saturated heterocycles. The number of anilines is 1. The molecule has 0 spiro atoms. The first-order valence-corrected chi connectivity index (χ1v) is 8.06. The van der Waals surface area contributed by atoms with Gasteiger partial charge in [-0.25, -0.2) is 4.98 Å². The van der Waals surface area contributed by atoms with Gasteiger partial charge in [-0.05, 0) is 25.0 Å². The zero-order chi connectivity index (χ0) is 14.1. The summed E-state index contributed by atoms with van der Waals surface area (Å²) in [4.78, 5) is 20.8. The van der Waals surface area contributed by atoms with Crippen LogP contribution in [0.4, 0.5) is 5.13 Å². The van der Waals surface area contributed by atoms with E-state index < -0.39 is 0 Å². The van der Waals surface area contributed by atoms with E-state index in [-0.39, 0.29) is 5.91 Å². The number of fused-ring (bicyclic) bond motifs is 1. The molecule has 0 aliphatic carbocycles. The van der Waals surface area contributed by atoms with E-state index in [1.165, 1.54) is 4.88 Å². The van der Waals surface area contributed by atoms with Crippen molar-refractivity contribution in [3.05, 3.63) is 21.1 Å². The Bertz CT molecular complexity index is 636. The maximum atomic E-state index is 12.2. The summed E-state index contributed by atoms with van der Waals surface area (Å²) in [6.45, 7) is 3.89. The lowest BCUT2D eigenvalue weighted by atomic mass is 10.2. The molecule has 20 heavy (non-hydrogen) atoms. The Morgan fingerprint density at radius 3 is 3.15 bits per heavy atom. The fourth-order valence-corrected chi connectivity index (χ4v) is 3.87. The van der Waals surface area contributed by atoms with Crippen molar-refractivity contribution in [1.29, 1.82) is 0 Å². The number of amides is 1. The van der Waals surface area contributed by atoms with Crippen molar-refractivity contribution < 1.29 is 4.79 Å². The van der Waals surface area contributed by atoms with E-state index in [1.54, 1.807) is 11.3 Å². The second-order valence-corrected chi connectivity index (χ2v) is 6.57. The smallest absolute Gasteiger partial charge is 0.271 e. The van der Waals surface area contributed by atoms with E-state index in [2.05, 4.69) is 31.8 Å². The van der Waals surface area contributed by atoms with E-state index >= 15 is 0 Å². The van der Waals surface area contributed by atoms with Gasteiger partial charge in [0.05, 0.1) is 11.4 Å². The van der Waals surface area contributed by atoms with Crippen LogP contribution < -0.4 is 5.32 Å². The average molecular weight is 309 g/mol. The van der Waals surface area contributed by atoms with Crippen molar-refractivity contribution in [2.45, 2.75) is 26.3 Å². The topological polar surface area (TPSA) is 71.0 Å². The highest BCUT2D eigenvalue weighted by atomic mass is 32.1. The largest absolute Gasteiger partial charge is 0.301 e. The SMILES string of the molecule is CCc1nnsc1C(=O)Nc1nc2c(s1)CN(C)CC2. The molecule has 1 aliphatic rings. The Morgan fingerprint density at radius 2 is 2.35 bits per heavy atom. The molecule has 0 unspecified atom stereocenters. The molecule has 3 heterocycles. The van der Waals surface area contributed by atoms with Crippen LogP contribution in [0.5, 0.6) is 0 Å². The van der Waals surface area contributed by atoms with Crippen molar-refractivity contribution >= 4 is 33.9 Å². The minimum Gasteiger partial charge on any atom is -0.301 e. The molecule has 3 rings (SSSR count). The van der Waals surface area contributed by atoms with Crippen molar-refractivity contribution in [2.24, 2.45) is 0 Å². The zero-order valence-electron chi connectivity index (χ0n) is 11.3. The second kappa shape index (κ2) is 5.55. The first kappa shape index (κ1) is 13.6. The lowest BCUT2D eigenvalue weighted by molar-refractivity contribution is 0.102. The maximum absolute atomic E-state index is 12.2. The molecule has 0 radical (unpaired) electrons. The summed E-state index contributed by atoms with van der Waals surface area (Å²) in [5.41, 5.74) is 1.86. The Morgan fingerprint density at radius 1 is 1.50 bits per heavy atom. The Labute approximate surface area is 125 Å². The number of carbonyl (C=O) groups excluding carboxylic acids is 1. The van der Waals surface area contributed by atoms with Crippen LogP contribution in [0, 0.1) is 0 Å². The fourth-order valence-electron chi connectivity index (χ4n) is 2.14.